The van der Waals surface area contributed by atoms with E-state index in [1.807, 2.05) is 0 Å². The summed E-state index contributed by atoms with van der Waals surface area (Å²) in [5.41, 5.74) is -0.778. The number of rotatable bonds is 3. The minimum Gasteiger partial charge on any atom is -0.321 e. The van der Waals surface area contributed by atoms with Crippen LogP contribution in [0, 0.1) is 0 Å². The zero-order chi connectivity index (χ0) is 24.9. The van der Waals surface area contributed by atoms with Crippen molar-refractivity contribution in [3.63, 3.8) is 0 Å². The monoisotopic (exact) mass is 722 g/mol. The van der Waals surface area contributed by atoms with Crippen molar-refractivity contribution in [2.45, 2.75) is 6.18 Å². The molecule has 3 amide bonds. The molecule has 3 aromatic rings. The summed E-state index contributed by atoms with van der Waals surface area (Å²) in [7, 11) is 0. The standard InChI is InChI=1S/C22H9Br4F3N2O3/c23-15-13-14(16(24)18(26)17(15)25)21(34)31(20(13)33)10-7-5-9(6-8-10)19(32)30-12-4-2-1-3-11(12)22(27,28)29/h1-8H,(H,30,32). The second kappa shape index (κ2) is 9.21. The average Bonchev–Trinajstić information content (AvgIpc) is 3.06. The van der Waals surface area contributed by atoms with Crippen LogP contribution in [0.2, 0.25) is 0 Å². The van der Waals surface area contributed by atoms with E-state index in [1.165, 1.54) is 36.4 Å². The van der Waals surface area contributed by atoms with Crippen molar-refractivity contribution in [2.24, 2.45) is 0 Å². The molecule has 5 nitrogen and oxygen atoms in total. The summed E-state index contributed by atoms with van der Waals surface area (Å²) in [5.74, 6) is -1.92. The Balaban J connectivity index is 1.62. The van der Waals surface area contributed by atoms with Crippen LogP contribution in [-0.2, 0) is 6.18 Å². The van der Waals surface area contributed by atoms with E-state index in [-0.39, 0.29) is 28.1 Å². The quantitative estimate of drug-likeness (QED) is 0.170. The Kier molecular flexibility index (Phi) is 6.80. The molecule has 0 aliphatic carbocycles. The SMILES string of the molecule is O=C(Nc1ccccc1C(F)(F)F)c1ccc(N2C(=O)c3c(Br)c(Br)c(Br)c(Br)c3C2=O)cc1. The maximum Gasteiger partial charge on any atom is 0.418 e. The summed E-state index contributed by atoms with van der Waals surface area (Å²) >= 11 is 13.4. The van der Waals surface area contributed by atoms with Gasteiger partial charge in [-0.3, -0.25) is 14.4 Å². The number of imide groups is 1. The summed E-state index contributed by atoms with van der Waals surface area (Å²) < 4.78 is 41.5. The molecule has 0 aromatic heterocycles. The summed E-state index contributed by atoms with van der Waals surface area (Å²) in [6.07, 6.45) is -4.63. The first kappa shape index (κ1) is 25.1. The van der Waals surface area contributed by atoms with Gasteiger partial charge in [0.1, 0.15) is 0 Å². The van der Waals surface area contributed by atoms with Gasteiger partial charge in [0.25, 0.3) is 17.7 Å². The number of carbonyl (C=O) groups excluding carboxylic acids is 3. The van der Waals surface area contributed by atoms with Gasteiger partial charge in [0, 0.05) is 23.5 Å². The number of fused-ring (bicyclic) bond motifs is 1. The fraction of sp³-hybridized carbons (Fsp3) is 0.0455. The number of hydrogen-bond acceptors (Lipinski definition) is 3. The van der Waals surface area contributed by atoms with Gasteiger partial charge in [-0.2, -0.15) is 13.2 Å². The minimum atomic E-state index is -4.63. The largest absolute Gasteiger partial charge is 0.418 e. The first-order chi connectivity index (χ1) is 15.9. The molecule has 1 N–H and O–H groups in total. The van der Waals surface area contributed by atoms with Crippen LogP contribution in [0.15, 0.2) is 66.4 Å². The molecule has 0 saturated heterocycles. The first-order valence-corrected chi connectivity index (χ1v) is 12.4. The second-order valence-electron chi connectivity index (χ2n) is 7.00. The van der Waals surface area contributed by atoms with E-state index in [0.717, 1.165) is 17.0 Å². The van der Waals surface area contributed by atoms with E-state index in [4.69, 9.17) is 0 Å². The summed E-state index contributed by atoms with van der Waals surface area (Å²) in [6, 6.07) is 10.0. The van der Waals surface area contributed by atoms with Gasteiger partial charge < -0.3 is 5.32 Å². The zero-order valence-corrected chi connectivity index (χ0v) is 22.8. The predicted molar refractivity (Wildman–Crippen MR) is 134 cm³/mol. The number of benzene rings is 3. The Morgan fingerprint density at radius 2 is 1.26 bits per heavy atom. The van der Waals surface area contributed by atoms with Gasteiger partial charge in [-0.1, -0.05) is 12.1 Å². The lowest BCUT2D eigenvalue weighted by atomic mass is 10.1. The molecule has 0 radical (unpaired) electrons. The third-order valence-electron chi connectivity index (χ3n) is 4.97. The van der Waals surface area contributed by atoms with Crippen molar-refractivity contribution in [3.8, 4) is 0 Å². The molecule has 0 unspecified atom stereocenters. The van der Waals surface area contributed by atoms with Crippen molar-refractivity contribution in [2.75, 3.05) is 10.2 Å². The van der Waals surface area contributed by atoms with Crippen molar-refractivity contribution < 1.29 is 27.6 Å². The molecule has 1 heterocycles. The number of nitrogens with zero attached hydrogens (tertiary/aromatic N) is 1. The Hall–Kier alpha value is -2.02. The highest BCUT2D eigenvalue weighted by Crippen LogP contribution is 2.46. The molecule has 12 heteroatoms. The van der Waals surface area contributed by atoms with Crippen molar-refractivity contribution in [1.29, 1.82) is 0 Å². The van der Waals surface area contributed by atoms with Gasteiger partial charge in [0.05, 0.1) is 28.1 Å². The number of nitrogens with one attached hydrogen (secondary N) is 1. The maximum absolute atomic E-state index is 13.2. The van der Waals surface area contributed by atoms with E-state index >= 15 is 0 Å². The van der Waals surface area contributed by atoms with Gasteiger partial charge in [0.2, 0.25) is 0 Å². The minimum absolute atomic E-state index is 0.0465. The number of hydrogen-bond donors (Lipinski definition) is 1. The summed E-state index contributed by atoms with van der Waals surface area (Å²) in [5, 5.41) is 2.25. The molecule has 0 atom stereocenters. The zero-order valence-electron chi connectivity index (χ0n) is 16.4. The molecule has 1 aliphatic heterocycles. The number of amides is 3. The first-order valence-electron chi connectivity index (χ1n) is 9.25. The number of halogens is 7. The molecule has 0 bridgehead atoms. The lowest BCUT2D eigenvalue weighted by molar-refractivity contribution is -0.136. The fourth-order valence-electron chi connectivity index (χ4n) is 3.38. The van der Waals surface area contributed by atoms with Gasteiger partial charge in [-0.05, 0) is 100 Å². The van der Waals surface area contributed by atoms with Gasteiger partial charge >= 0.3 is 6.18 Å². The lowest BCUT2D eigenvalue weighted by Crippen LogP contribution is -2.29. The molecular weight excluding hydrogens is 717 g/mol. The van der Waals surface area contributed by atoms with Crippen LogP contribution < -0.4 is 10.2 Å². The molecule has 3 aromatic carbocycles. The molecule has 0 spiro atoms. The van der Waals surface area contributed by atoms with Crippen molar-refractivity contribution in [1.82, 2.24) is 0 Å². The van der Waals surface area contributed by atoms with Gasteiger partial charge in [0.15, 0.2) is 0 Å². The number of carbonyl (C=O) groups is 3. The third kappa shape index (κ3) is 4.25. The van der Waals surface area contributed by atoms with Crippen LogP contribution in [-0.4, -0.2) is 17.7 Å². The fourth-order valence-corrected chi connectivity index (χ4v) is 5.84. The molecule has 4 rings (SSSR count). The average molecular weight is 726 g/mol. The van der Waals surface area contributed by atoms with Crippen LogP contribution in [0.4, 0.5) is 24.5 Å². The van der Waals surface area contributed by atoms with Crippen LogP contribution in [0.25, 0.3) is 0 Å². The topological polar surface area (TPSA) is 66.5 Å². The molecule has 174 valence electrons. The Labute approximate surface area is 224 Å². The Bertz CT molecular complexity index is 1330. The smallest absolute Gasteiger partial charge is 0.321 e. The van der Waals surface area contributed by atoms with E-state index in [9.17, 15) is 27.6 Å². The Morgan fingerprint density at radius 1 is 0.765 bits per heavy atom. The second-order valence-corrected chi connectivity index (χ2v) is 10.2. The van der Waals surface area contributed by atoms with Crippen molar-refractivity contribution >= 4 is 92.8 Å². The van der Waals surface area contributed by atoms with E-state index < -0.39 is 29.5 Å². The normalized spacial score (nSPS) is 13.3. The Morgan fingerprint density at radius 3 is 1.76 bits per heavy atom. The highest BCUT2D eigenvalue weighted by molar-refractivity contribution is 9.15. The van der Waals surface area contributed by atoms with E-state index in [2.05, 4.69) is 69.0 Å². The number of anilines is 2. The maximum atomic E-state index is 13.2. The molecular formula is C22H9Br4F3N2O3. The summed E-state index contributed by atoms with van der Waals surface area (Å²) in [6.45, 7) is 0. The van der Waals surface area contributed by atoms with E-state index in [1.54, 1.807) is 0 Å². The number of alkyl halides is 3. The molecule has 0 fully saturated rings. The molecule has 0 saturated carbocycles. The van der Waals surface area contributed by atoms with Crippen LogP contribution in [0.3, 0.4) is 0 Å². The summed E-state index contributed by atoms with van der Waals surface area (Å²) in [4.78, 5) is 39.6. The van der Waals surface area contributed by atoms with Gasteiger partial charge in [-0.15, -0.1) is 0 Å². The third-order valence-corrected chi connectivity index (χ3v) is 9.74. The lowest BCUT2D eigenvalue weighted by Gasteiger charge is -2.15. The highest BCUT2D eigenvalue weighted by Gasteiger charge is 2.42. The van der Waals surface area contributed by atoms with Crippen LogP contribution in [0.5, 0.6) is 0 Å². The number of para-hydroxylation sites is 1. The van der Waals surface area contributed by atoms with Gasteiger partial charge in [-0.25, -0.2) is 4.90 Å². The highest BCUT2D eigenvalue weighted by atomic mass is 79.9. The van der Waals surface area contributed by atoms with Crippen LogP contribution in [0.1, 0.15) is 36.6 Å². The molecule has 1 aliphatic rings. The molecule has 34 heavy (non-hydrogen) atoms. The predicted octanol–water partition coefficient (Wildman–Crippen LogP) is 7.81. The van der Waals surface area contributed by atoms with E-state index in [0.29, 0.717) is 17.9 Å². The van der Waals surface area contributed by atoms with Crippen molar-refractivity contribution in [3.05, 3.63) is 88.7 Å². The van der Waals surface area contributed by atoms with Crippen LogP contribution >= 0.6 is 63.7 Å².